The van der Waals surface area contributed by atoms with Gasteiger partial charge in [0, 0.05) is 11.9 Å². The summed E-state index contributed by atoms with van der Waals surface area (Å²) in [7, 11) is 0. The second-order valence-corrected chi connectivity index (χ2v) is 5.75. The average molecular weight is 277 g/mol. The predicted octanol–water partition coefficient (Wildman–Crippen LogP) is 4.45. The van der Waals surface area contributed by atoms with E-state index in [0.29, 0.717) is 5.92 Å². The molecule has 0 radical (unpaired) electrons. The molecule has 0 aliphatic rings. The summed E-state index contributed by atoms with van der Waals surface area (Å²) in [6.07, 6.45) is 3.06. The minimum atomic E-state index is 0.257. The van der Waals surface area contributed by atoms with Gasteiger partial charge in [-0.3, -0.25) is 4.68 Å². The Morgan fingerprint density at radius 2 is 2.00 bits per heavy atom. The second kappa shape index (κ2) is 6.65. The first-order valence-corrected chi connectivity index (χ1v) is 7.14. The molecule has 1 atom stereocenters. The van der Waals surface area contributed by atoms with E-state index in [1.807, 2.05) is 11.6 Å². The lowest BCUT2D eigenvalue weighted by Crippen LogP contribution is -2.09. The van der Waals surface area contributed by atoms with Crippen molar-refractivity contribution < 1.29 is 0 Å². The largest absolute Gasteiger partial charge is 0.268 e. The van der Waals surface area contributed by atoms with E-state index in [2.05, 4.69) is 25.9 Å². The Morgan fingerprint density at radius 3 is 2.53 bits per heavy atom. The molecule has 0 aromatic carbocycles. The molecule has 0 aliphatic carbocycles. The smallest absolute Gasteiger partial charge is 0.0847 e. The van der Waals surface area contributed by atoms with Gasteiger partial charge in [0.25, 0.3) is 0 Å². The summed E-state index contributed by atoms with van der Waals surface area (Å²) in [4.78, 5) is 0. The lowest BCUT2D eigenvalue weighted by Gasteiger charge is -2.13. The summed E-state index contributed by atoms with van der Waals surface area (Å²) in [6, 6.07) is 0. The highest BCUT2D eigenvalue weighted by atomic mass is 35.5. The zero-order valence-electron chi connectivity index (χ0n) is 11.1. The number of aromatic nitrogens is 2. The summed E-state index contributed by atoms with van der Waals surface area (Å²) in [5.74, 6) is 0.532. The highest BCUT2D eigenvalue weighted by Crippen LogP contribution is 2.23. The third kappa shape index (κ3) is 3.89. The van der Waals surface area contributed by atoms with Gasteiger partial charge < -0.3 is 0 Å². The zero-order chi connectivity index (χ0) is 13.0. The number of nitrogens with zero attached hydrogens (tertiary/aromatic N) is 2. The topological polar surface area (TPSA) is 17.8 Å². The Labute approximate surface area is 114 Å². The molecule has 98 valence electrons. The Kier molecular flexibility index (Phi) is 5.81. The molecule has 1 heterocycles. The van der Waals surface area contributed by atoms with Gasteiger partial charge in [0.2, 0.25) is 0 Å². The maximum absolute atomic E-state index is 6.25. The van der Waals surface area contributed by atoms with Gasteiger partial charge in [0.15, 0.2) is 0 Å². The molecule has 0 aliphatic heterocycles. The van der Waals surface area contributed by atoms with E-state index in [9.17, 15) is 0 Å². The summed E-state index contributed by atoms with van der Waals surface area (Å²) >= 11 is 12.5. The van der Waals surface area contributed by atoms with Crippen molar-refractivity contribution in [3.63, 3.8) is 0 Å². The summed E-state index contributed by atoms with van der Waals surface area (Å²) in [5.41, 5.74) is 2.08. The summed E-state index contributed by atoms with van der Waals surface area (Å²) in [5, 5.41) is 5.49. The minimum absolute atomic E-state index is 0.257. The van der Waals surface area contributed by atoms with Crippen LogP contribution in [0.25, 0.3) is 0 Å². The highest BCUT2D eigenvalue weighted by molar-refractivity contribution is 6.31. The molecule has 1 aromatic heterocycles. The molecule has 0 N–H and O–H groups in total. The maximum atomic E-state index is 6.25. The van der Waals surface area contributed by atoms with Gasteiger partial charge in [0.05, 0.1) is 16.4 Å². The van der Waals surface area contributed by atoms with Gasteiger partial charge in [-0.2, -0.15) is 5.10 Å². The number of hydrogen-bond acceptors (Lipinski definition) is 1. The van der Waals surface area contributed by atoms with Crippen LogP contribution in [0.15, 0.2) is 0 Å². The van der Waals surface area contributed by atoms with Gasteiger partial charge in [0.1, 0.15) is 0 Å². The van der Waals surface area contributed by atoms with Gasteiger partial charge in [-0.1, -0.05) is 25.4 Å². The highest BCUT2D eigenvalue weighted by Gasteiger charge is 2.14. The molecule has 1 unspecified atom stereocenters. The van der Waals surface area contributed by atoms with Gasteiger partial charge in [-0.15, -0.1) is 11.6 Å². The van der Waals surface area contributed by atoms with E-state index < -0.39 is 0 Å². The lowest BCUT2D eigenvalue weighted by atomic mass is 10.0. The molecule has 0 saturated heterocycles. The van der Waals surface area contributed by atoms with Gasteiger partial charge >= 0.3 is 0 Å². The van der Waals surface area contributed by atoms with Crippen LogP contribution in [-0.2, 0) is 13.0 Å². The van der Waals surface area contributed by atoms with E-state index in [0.717, 1.165) is 42.2 Å². The average Bonchev–Trinajstić information content (AvgIpc) is 2.56. The van der Waals surface area contributed by atoms with Gasteiger partial charge in [-0.25, -0.2) is 0 Å². The first-order chi connectivity index (χ1) is 7.97. The van der Waals surface area contributed by atoms with Crippen LogP contribution >= 0.6 is 23.2 Å². The van der Waals surface area contributed by atoms with Crippen molar-refractivity contribution in [3.05, 3.63) is 16.4 Å². The molecule has 0 amide bonds. The van der Waals surface area contributed by atoms with Crippen LogP contribution in [0.3, 0.4) is 0 Å². The van der Waals surface area contributed by atoms with Crippen LogP contribution in [0.5, 0.6) is 0 Å². The molecule has 4 heteroatoms. The third-order valence-corrected chi connectivity index (χ3v) is 4.28. The van der Waals surface area contributed by atoms with E-state index >= 15 is 0 Å². The molecule has 17 heavy (non-hydrogen) atoms. The van der Waals surface area contributed by atoms with Crippen LogP contribution < -0.4 is 0 Å². The number of rotatable bonds is 6. The quantitative estimate of drug-likeness (QED) is 0.702. The zero-order valence-corrected chi connectivity index (χ0v) is 12.6. The van der Waals surface area contributed by atoms with Crippen LogP contribution in [0.2, 0.25) is 5.02 Å². The van der Waals surface area contributed by atoms with E-state index in [-0.39, 0.29) is 5.38 Å². The molecular weight excluding hydrogens is 255 g/mol. The van der Waals surface area contributed by atoms with Crippen molar-refractivity contribution in [1.82, 2.24) is 9.78 Å². The van der Waals surface area contributed by atoms with Crippen molar-refractivity contribution in [3.8, 4) is 0 Å². The lowest BCUT2D eigenvalue weighted by molar-refractivity contribution is 0.534. The fraction of sp³-hybridized carbons (Fsp3) is 0.769. The van der Waals surface area contributed by atoms with Crippen LogP contribution in [0.4, 0.5) is 0 Å². The fourth-order valence-corrected chi connectivity index (χ4v) is 2.29. The van der Waals surface area contributed by atoms with Crippen LogP contribution in [-0.4, -0.2) is 15.2 Å². The first kappa shape index (κ1) is 14.8. The molecule has 1 aromatic rings. The number of hydrogen-bond donors (Lipinski definition) is 0. The SMILES string of the molecule is CCn1nc(C)c(Cl)c1CCCC(Cl)C(C)C. The van der Waals surface area contributed by atoms with Crippen molar-refractivity contribution in [1.29, 1.82) is 0 Å². The summed E-state index contributed by atoms with van der Waals surface area (Å²) < 4.78 is 2.00. The molecule has 2 nitrogen and oxygen atoms in total. The van der Waals surface area contributed by atoms with Crippen molar-refractivity contribution in [2.24, 2.45) is 5.92 Å². The normalized spacial score (nSPS) is 13.4. The minimum Gasteiger partial charge on any atom is -0.268 e. The Balaban J connectivity index is 2.57. The van der Waals surface area contributed by atoms with E-state index in [1.54, 1.807) is 0 Å². The van der Waals surface area contributed by atoms with Crippen molar-refractivity contribution in [2.45, 2.75) is 58.9 Å². The molecular formula is C13H22Cl2N2. The molecule has 0 bridgehead atoms. The predicted molar refractivity (Wildman–Crippen MR) is 75.1 cm³/mol. The number of halogens is 2. The molecule has 0 fully saturated rings. The van der Waals surface area contributed by atoms with E-state index in [4.69, 9.17) is 23.2 Å². The van der Waals surface area contributed by atoms with Crippen LogP contribution in [0, 0.1) is 12.8 Å². The summed E-state index contributed by atoms with van der Waals surface area (Å²) in [6.45, 7) is 9.23. The molecule has 0 saturated carbocycles. The number of alkyl halides is 1. The molecule has 1 rings (SSSR count). The van der Waals surface area contributed by atoms with Crippen molar-refractivity contribution >= 4 is 23.2 Å². The third-order valence-electron chi connectivity index (χ3n) is 3.07. The first-order valence-electron chi connectivity index (χ1n) is 6.33. The Hall–Kier alpha value is -0.210. The molecule has 0 spiro atoms. The Morgan fingerprint density at radius 1 is 1.35 bits per heavy atom. The number of aryl methyl sites for hydroxylation is 2. The standard InChI is InChI=1S/C13H22Cl2N2/c1-5-17-12(13(15)10(4)16-17)8-6-7-11(14)9(2)3/h9,11H,5-8H2,1-4H3. The van der Waals surface area contributed by atoms with Crippen molar-refractivity contribution in [2.75, 3.05) is 0 Å². The monoisotopic (exact) mass is 276 g/mol. The second-order valence-electron chi connectivity index (χ2n) is 4.81. The van der Waals surface area contributed by atoms with Crippen LogP contribution in [0.1, 0.15) is 45.0 Å². The maximum Gasteiger partial charge on any atom is 0.0847 e. The Bertz CT molecular complexity index is 359. The fourth-order valence-electron chi connectivity index (χ4n) is 1.91. The van der Waals surface area contributed by atoms with E-state index in [1.165, 1.54) is 0 Å². The van der Waals surface area contributed by atoms with Gasteiger partial charge in [-0.05, 0) is 39.0 Å².